The third-order valence-corrected chi connectivity index (χ3v) is 4.02. The predicted octanol–water partition coefficient (Wildman–Crippen LogP) is -2.13. The van der Waals surface area contributed by atoms with E-state index in [2.05, 4.69) is 5.32 Å². The topological polar surface area (TPSA) is 124 Å². The number of hydrogen-bond acceptors (Lipinski definition) is 5. The second kappa shape index (κ2) is 5.32. The number of sulfone groups is 1. The first-order valence-electron chi connectivity index (χ1n) is 4.95. The van der Waals surface area contributed by atoms with Crippen LogP contribution in [0.2, 0.25) is 0 Å². The summed E-state index contributed by atoms with van der Waals surface area (Å²) in [5, 5.41) is 19.4. The summed E-state index contributed by atoms with van der Waals surface area (Å²) in [4.78, 5) is 23.3. The first-order valence-corrected chi connectivity index (χ1v) is 6.77. The van der Waals surface area contributed by atoms with Gasteiger partial charge in [-0.25, -0.2) is 18.0 Å². The molecular formula is C8H14N2O6S. The van der Waals surface area contributed by atoms with Gasteiger partial charge in [0.05, 0.1) is 18.1 Å². The van der Waals surface area contributed by atoms with Crippen molar-refractivity contribution in [2.75, 3.05) is 31.2 Å². The molecule has 1 aliphatic rings. The molecule has 3 N–H and O–H groups in total. The zero-order valence-electron chi connectivity index (χ0n) is 9.00. The lowest BCUT2D eigenvalue weighted by atomic mass is 10.3. The number of urea groups is 1. The summed E-state index contributed by atoms with van der Waals surface area (Å²) in [6.45, 7) is -0.648. The van der Waals surface area contributed by atoms with Gasteiger partial charge in [0.15, 0.2) is 15.9 Å². The Balaban J connectivity index is 2.52. The van der Waals surface area contributed by atoms with Crippen LogP contribution in [0.3, 0.4) is 0 Å². The normalized spacial score (nSPS) is 20.6. The third-order valence-electron chi connectivity index (χ3n) is 2.41. The number of carboxylic acid groups (broad SMARTS) is 1. The summed E-state index contributed by atoms with van der Waals surface area (Å²) >= 11 is 0. The van der Waals surface area contributed by atoms with Gasteiger partial charge in [-0.1, -0.05) is 0 Å². The number of aliphatic hydroxyl groups is 1. The van der Waals surface area contributed by atoms with Crippen LogP contribution in [-0.4, -0.2) is 72.8 Å². The van der Waals surface area contributed by atoms with Crippen molar-refractivity contribution >= 4 is 21.8 Å². The van der Waals surface area contributed by atoms with Crippen molar-refractivity contribution in [1.82, 2.24) is 10.2 Å². The summed E-state index contributed by atoms with van der Waals surface area (Å²) in [6, 6.07) is -2.05. The molecule has 0 aliphatic carbocycles. The Labute approximate surface area is 98.1 Å². The Kier molecular flexibility index (Phi) is 4.29. The summed E-state index contributed by atoms with van der Waals surface area (Å²) in [5.74, 6) is -1.60. The highest BCUT2D eigenvalue weighted by molar-refractivity contribution is 7.91. The van der Waals surface area contributed by atoms with Crippen molar-refractivity contribution in [2.45, 2.75) is 6.04 Å². The van der Waals surface area contributed by atoms with Gasteiger partial charge in [-0.05, 0) is 0 Å². The standard InChI is InChI=1S/C8H14N2O6S/c11-5-6(7(12)13)9-8(14)10-1-3-17(15,16)4-2-10/h6,11H,1-5H2,(H,9,14)(H,12,13)/t6-/m1/s1. The van der Waals surface area contributed by atoms with Crippen LogP contribution in [0, 0.1) is 0 Å². The summed E-state index contributed by atoms with van der Waals surface area (Å²) in [5.41, 5.74) is 0. The maximum Gasteiger partial charge on any atom is 0.328 e. The van der Waals surface area contributed by atoms with Crippen molar-refractivity contribution in [3.63, 3.8) is 0 Å². The minimum atomic E-state index is -3.09. The number of amides is 2. The van der Waals surface area contributed by atoms with E-state index in [0.717, 1.165) is 0 Å². The van der Waals surface area contributed by atoms with Gasteiger partial charge in [-0.2, -0.15) is 0 Å². The quantitative estimate of drug-likeness (QED) is 0.536. The Morgan fingerprint density at radius 2 is 1.82 bits per heavy atom. The lowest BCUT2D eigenvalue weighted by molar-refractivity contribution is -0.140. The second-order valence-corrected chi connectivity index (χ2v) is 5.97. The third kappa shape index (κ3) is 3.86. The molecule has 1 saturated heterocycles. The van der Waals surface area contributed by atoms with Crippen molar-refractivity contribution in [1.29, 1.82) is 0 Å². The van der Waals surface area contributed by atoms with Crippen LogP contribution in [0.5, 0.6) is 0 Å². The molecule has 8 nitrogen and oxygen atoms in total. The lowest BCUT2D eigenvalue weighted by Gasteiger charge is -2.27. The van der Waals surface area contributed by atoms with Crippen LogP contribution < -0.4 is 5.32 Å². The van der Waals surface area contributed by atoms with Crippen molar-refractivity contribution in [3.8, 4) is 0 Å². The van der Waals surface area contributed by atoms with Gasteiger partial charge in [0.1, 0.15) is 0 Å². The lowest BCUT2D eigenvalue weighted by Crippen LogP contribution is -2.53. The summed E-state index contributed by atoms with van der Waals surface area (Å²) < 4.78 is 22.2. The minimum absolute atomic E-state index is 0.0337. The number of aliphatic hydroxyl groups excluding tert-OH is 1. The molecule has 1 aliphatic heterocycles. The van der Waals surface area contributed by atoms with Gasteiger partial charge in [-0.15, -0.1) is 0 Å². The zero-order chi connectivity index (χ0) is 13.1. The van der Waals surface area contributed by atoms with Crippen LogP contribution in [0.25, 0.3) is 0 Å². The molecular weight excluding hydrogens is 252 g/mol. The molecule has 0 aromatic carbocycles. The first-order chi connectivity index (χ1) is 7.85. The molecule has 0 spiro atoms. The monoisotopic (exact) mass is 266 g/mol. The van der Waals surface area contributed by atoms with E-state index in [1.165, 1.54) is 4.90 Å². The number of hydrogen-bond donors (Lipinski definition) is 3. The molecule has 1 fully saturated rings. The second-order valence-electron chi connectivity index (χ2n) is 3.66. The molecule has 1 heterocycles. The smallest absolute Gasteiger partial charge is 0.328 e. The SMILES string of the molecule is O=C(O)[C@@H](CO)NC(=O)N1CCS(=O)(=O)CC1. The summed E-state index contributed by atoms with van der Waals surface area (Å²) in [7, 11) is -3.09. The van der Waals surface area contributed by atoms with Crippen LogP contribution in [0.4, 0.5) is 4.79 Å². The van der Waals surface area contributed by atoms with E-state index < -0.39 is 34.5 Å². The Morgan fingerprint density at radius 3 is 2.24 bits per heavy atom. The minimum Gasteiger partial charge on any atom is -0.480 e. The Bertz CT molecular complexity index is 392. The molecule has 0 saturated carbocycles. The maximum atomic E-state index is 11.5. The van der Waals surface area contributed by atoms with E-state index in [0.29, 0.717) is 0 Å². The zero-order valence-corrected chi connectivity index (χ0v) is 9.81. The molecule has 1 rings (SSSR count). The van der Waals surface area contributed by atoms with E-state index in [1.807, 2.05) is 0 Å². The van der Waals surface area contributed by atoms with E-state index in [-0.39, 0.29) is 24.6 Å². The number of carbonyl (C=O) groups excluding carboxylic acids is 1. The fourth-order valence-corrected chi connectivity index (χ4v) is 2.54. The maximum absolute atomic E-state index is 11.5. The highest BCUT2D eigenvalue weighted by Gasteiger charge is 2.27. The molecule has 0 aromatic heterocycles. The molecule has 0 radical (unpaired) electrons. The van der Waals surface area contributed by atoms with Gasteiger partial charge in [0.25, 0.3) is 0 Å². The van der Waals surface area contributed by atoms with Crippen LogP contribution >= 0.6 is 0 Å². The van der Waals surface area contributed by atoms with Gasteiger partial charge < -0.3 is 20.4 Å². The molecule has 9 heteroatoms. The molecule has 0 bridgehead atoms. The number of carboxylic acids is 1. The van der Waals surface area contributed by atoms with E-state index in [1.54, 1.807) is 0 Å². The van der Waals surface area contributed by atoms with E-state index >= 15 is 0 Å². The highest BCUT2D eigenvalue weighted by atomic mass is 32.2. The number of aliphatic carboxylic acids is 1. The fraction of sp³-hybridized carbons (Fsp3) is 0.750. The van der Waals surface area contributed by atoms with Crippen molar-refractivity contribution in [2.24, 2.45) is 0 Å². The Morgan fingerprint density at radius 1 is 1.29 bits per heavy atom. The number of nitrogens with zero attached hydrogens (tertiary/aromatic N) is 1. The van der Waals surface area contributed by atoms with Gasteiger partial charge >= 0.3 is 12.0 Å². The van der Waals surface area contributed by atoms with Gasteiger partial charge in [0.2, 0.25) is 0 Å². The molecule has 0 unspecified atom stereocenters. The first kappa shape index (κ1) is 13.7. The molecule has 1 atom stereocenters. The number of carbonyl (C=O) groups is 2. The van der Waals surface area contributed by atoms with Crippen LogP contribution in [0.15, 0.2) is 0 Å². The number of rotatable bonds is 3. The van der Waals surface area contributed by atoms with E-state index in [4.69, 9.17) is 10.2 Å². The number of nitrogens with one attached hydrogen (secondary N) is 1. The highest BCUT2D eigenvalue weighted by Crippen LogP contribution is 2.04. The van der Waals surface area contributed by atoms with Gasteiger partial charge in [-0.3, -0.25) is 0 Å². The molecule has 2 amide bonds. The van der Waals surface area contributed by atoms with Crippen LogP contribution in [0.1, 0.15) is 0 Å². The predicted molar refractivity (Wildman–Crippen MR) is 57.3 cm³/mol. The average Bonchev–Trinajstić information content (AvgIpc) is 2.25. The van der Waals surface area contributed by atoms with Crippen molar-refractivity contribution in [3.05, 3.63) is 0 Å². The largest absolute Gasteiger partial charge is 0.480 e. The molecule has 0 aromatic rings. The van der Waals surface area contributed by atoms with Gasteiger partial charge in [0, 0.05) is 13.1 Å². The molecule has 17 heavy (non-hydrogen) atoms. The summed E-state index contributed by atoms with van der Waals surface area (Å²) in [6.07, 6.45) is 0. The van der Waals surface area contributed by atoms with Crippen molar-refractivity contribution < 1.29 is 28.2 Å². The average molecular weight is 266 g/mol. The van der Waals surface area contributed by atoms with Crippen LogP contribution in [-0.2, 0) is 14.6 Å². The fourth-order valence-electron chi connectivity index (χ4n) is 1.34. The Hall–Kier alpha value is -1.35. The van der Waals surface area contributed by atoms with E-state index in [9.17, 15) is 18.0 Å². The molecule has 98 valence electrons.